The number of aromatic carboxylic acids is 1. The molecule has 1 spiro atoms. The fraction of sp³-hybridized carbons (Fsp3) is 0.333. The molecule has 0 amide bonds. The maximum atomic E-state index is 11.9. The molecule has 0 bridgehead atoms. The Morgan fingerprint density at radius 3 is 2.71 bits per heavy atom. The predicted molar refractivity (Wildman–Crippen MR) is 92.4 cm³/mol. The lowest BCUT2D eigenvalue weighted by atomic mass is 9.91. The van der Waals surface area contributed by atoms with Crippen molar-refractivity contribution in [3.63, 3.8) is 0 Å². The van der Waals surface area contributed by atoms with E-state index >= 15 is 0 Å². The summed E-state index contributed by atoms with van der Waals surface area (Å²) in [5, 5.41) is 10.0. The maximum Gasteiger partial charge on any atom is 0.336 e. The molecule has 1 saturated carbocycles. The third kappa shape index (κ3) is 2.15. The third-order valence-electron chi connectivity index (χ3n) is 5.09. The number of hydrogen-bond acceptors (Lipinski definition) is 4. The van der Waals surface area contributed by atoms with Gasteiger partial charge < -0.3 is 14.7 Å². The van der Waals surface area contributed by atoms with Crippen LogP contribution >= 0.6 is 11.6 Å². The minimum atomic E-state index is -0.965. The second kappa shape index (κ2) is 5.11. The minimum Gasteiger partial charge on any atom is -0.494 e. The molecule has 6 heteroatoms. The Hall–Kier alpha value is -2.27. The number of pyridine rings is 1. The summed E-state index contributed by atoms with van der Waals surface area (Å²) < 4.78 is 5.37. The Bertz CT molecular complexity index is 862. The first-order chi connectivity index (χ1) is 11.4. The second-order valence-electron chi connectivity index (χ2n) is 6.56. The Balaban J connectivity index is 1.99. The number of hydrogen-bond donors (Lipinski definition) is 1. The Morgan fingerprint density at radius 2 is 2.08 bits per heavy atom. The Morgan fingerprint density at radius 1 is 1.33 bits per heavy atom. The summed E-state index contributed by atoms with van der Waals surface area (Å²) in [7, 11) is 3.56. The summed E-state index contributed by atoms with van der Waals surface area (Å²) in [4.78, 5) is 18.0. The van der Waals surface area contributed by atoms with Gasteiger partial charge in [-0.25, -0.2) is 9.78 Å². The standard InChI is InChI=1S/C18H17ClN2O3/c1-21-9-18(3-4-18)13-5-10(12(17(22)23)6-14(13)21)11-7-16(19)20-8-15(11)24-2/h5-8H,3-4,9H2,1-2H3,(H,22,23). The number of halogens is 1. The lowest BCUT2D eigenvalue weighted by Gasteiger charge is -2.16. The first kappa shape index (κ1) is 15.3. The summed E-state index contributed by atoms with van der Waals surface area (Å²) >= 11 is 6.04. The number of methoxy groups -OCH3 is 1. The fourth-order valence-corrected chi connectivity index (χ4v) is 3.88. The molecule has 1 N–H and O–H groups in total. The van der Waals surface area contributed by atoms with Crippen molar-refractivity contribution in [2.75, 3.05) is 25.6 Å². The van der Waals surface area contributed by atoms with Crippen molar-refractivity contribution in [3.05, 3.63) is 40.7 Å². The van der Waals surface area contributed by atoms with Crippen LogP contribution in [-0.4, -0.2) is 36.8 Å². The summed E-state index contributed by atoms with van der Waals surface area (Å²) in [5.41, 5.74) is 3.94. The van der Waals surface area contributed by atoms with Gasteiger partial charge >= 0.3 is 5.97 Å². The molecule has 2 aliphatic rings. The number of likely N-dealkylation sites (N-methyl/N-ethyl adjacent to an activating group) is 1. The lowest BCUT2D eigenvalue weighted by Crippen LogP contribution is -2.18. The van der Waals surface area contributed by atoms with E-state index in [-0.39, 0.29) is 11.0 Å². The van der Waals surface area contributed by atoms with Gasteiger partial charge in [0, 0.05) is 35.8 Å². The molecule has 5 nitrogen and oxygen atoms in total. The van der Waals surface area contributed by atoms with Gasteiger partial charge in [-0.15, -0.1) is 0 Å². The van der Waals surface area contributed by atoms with Gasteiger partial charge in [0.1, 0.15) is 10.9 Å². The molecule has 2 aromatic rings. The molecule has 0 atom stereocenters. The van der Waals surface area contributed by atoms with Crippen LogP contribution in [0.3, 0.4) is 0 Å². The zero-order chi connectivity index (χ0) is 17.1. The van der Waals surface area contributed by atoms with Gasteiger partial charge in [0.25, 0.3) is 0 Å². The van der Waals surface area contributed by atoms with Crippen molar-refractivity contribution in [3.8, 4) is 16.9 Å². The SMILES string of the molecule is COc1cnc(Cl)cc1-c1cc2c(cc1C(=O)O)N(C)CC21CC1. The number of anilines is 1. The Labute approximate surface area is 144 Å². The summed E-state index contributed by atoms with van der Waals surface area (Å²) in [5.74, 6) is -0.453. The van der Waals surface area contributed by atoms with E-state index in [1.807, 2.05) is 13.1 Å². The normalized spacial score (nSPS) is 17.0. The average molecular weight is 345 g/mol. The van der Waals surface area contributed by atoms with Crippen LogP contribution in [0.15, 0.2) is 24.4 Å². The highest BCUT2D eigenvalue weighted by atomic mass is 35.5. The molecule has 24 heavy (non-hydrogen) atoms. The maximum absolute atomic E-state index is 11.9. The van der Waals surface area contributed by atoms with Crippen LogP contribution in [0.25, 0.3) is 11.1 Å². The van der Waals surface area contributed by atoms with Crippen molar-refractivity contribution in [2.24, 2.45) is 0 Å². The average Bonchev–Trinajstić information content (AvgIpc) is 3.28. The highest BCUT2D eigenvalue weighted by molar-refractivity contribution is 6.29. The minimum absolute atomic E-state index is 0.180. The van der Waals surface area contributed by atoms with Gasteiger partial charge in [-0.05, 0) is 36.6 Å². The van der Waals surface area contributed by atoms with Crippen LogP contribution < -0.4 is 9.64 Å². The molecule has 4 rings (SSSR count). The van der Waals surface area contributed by atoms with Gasteiger partial charge in [-0.2, -0.15) is 0 Å². The molecule has 124 valence electrons. The van der Waals surface area contributed by atoms with E-state index in [1.54, 1.807) is 19.2 Å². The van der Waals surface area contributed by atoms with Gasteiger partial charge in [0.2, 0.25) is 0 Å². The molecular weight excluding hydrogens is 328 g/mol. The number of carboxylic acid groups (broad SMARTS) is 1. The molecule has 2 heterocycles. The molecule has 0 saturated heterocycles. The highest BCUT2D eigenvalue weighted by Crippen LogP contribution is 2.57. The number of nitrogens with zero attached hydrogens (tertiary/aromatic N) is 2. The molecule has 0 radical (unpaired) electrons. The number of aromatic nitrogens is 1. The zero-order valence-corrected chi connectivity index (χ0v) is 14.2. The van der Waals surface area contributed by atoms with Crippen molar-refractivity contribution in [2.45, 2.75) is 18.3 Å². The quantitative estimate of drug-likeness (QED) is 0.862. The van der Waals surface area contributed by atoms with Crippen molar-refractivity contribution in [1.82, 2.24) is 4.98 Å². The van der Waals surface area contributed by atoms with Gasteiger partial charge in [0.15, 0.2) is 0 Å². The number of carbonyl (C=O) groups is 1. The highest BCUT2D eigenvalue weighted by Gasteiger charge is 2.51. The van der Waals surface area contributed by atoms with E-state index in [0.717, 1.165) is 25.1 Å². The molecule has 1 aliphatic carbocycles. The number of rotatable bonds is 3. The number of fused-ring (bicyclic) bond motifs is 2. The number of carboxylic acids is 1. The van der Waals surface area contributed by atoms with Crippen LogP contribution in [0, 0.1) is 0 Å². The fourth-order valence-electron chi connectivity index (χ4n) is 3.72. The van der Waals surface area contributed by atoms with E-state index < -0.39 is 5.97 Å². The molecule has 1 aromatic heterocycles. The Kier molecular flexibility index (Phi) is 3.25. The van der Waals surface area contributed by atoms with Crippen LogP contribution in [0.4, 0.5) is 5.69 Å². The van der Waals surface area contributed by atoms with Gasteiger partial charge in [-0.1, -0.05) is 11.6 Å². The molecule has 1 aliphatic heterocycles. The molecular formula is C18H17ClN2O3. The van der Waals surface area contributed by atoms with E-state index in [1.165, 1.54) is 11.8 Å². The third-order valence-corrected chi connectivity index (χ3v) is 5.29. The summed E-state index contributed by atoms with van der Waals surface area (Å²) in [6.45, 7) is 0.944. The molecule has 1 fully saturated rings. The topological polar surface area (TPSA) is 62.7 Å². The molecule has 0 unspecified atom stereocenters. The van der Waals surface area contributed by atoms with Crippen molar-refractivity contribution < 1.29 is 14.6 Å². The van der Waals surface area contributed by atoms with E-state index in [4.69, 9.17) is 16.3 Å². The number of ether oxygens (including phenoxy) is 1. The van der Waals surface area contributed by atoms with Crippen LogP contribution in [0.2, 0.25) is 5.15 Å². The summed E-state index contributed by atoms with van der Waals surface area (Å²) in [6.07, 6.45) is 3.81. The van der Waals surface area contributed by atoms with Crippen molar-refractivity contribution >= 4 is 23.3 Å². The van der Waals surface area contributed by atoms with E-state index in [0.29, 0.717) is 22.0 Å². The first-order valence-corrected chi connectivity index (χ1v) is 8.16. The monoisotopic (exact) mass is 344 g/mol. The summed E-state index contributed by atoms with van der Waals surface area (Å²) in [6, 6.07) is 5.43. The largest absolute Gasteiger partial charge is 0.494 e. The smallest absolute Gasteiger partial charge is 0.336 e. The van der Waals surface area contributed by atoms with Crippen LogP contribution in [-0.2, 0) is 5.41 Å². The second-order valence-corrected chi connectivity index (χ2v) is 6.95. The zero-order valence-electron chi connectivity index (χ0n) is 13.5. The van der Waals surface area contributed by atoms with Crippen LogP contribution in [0.1, 0.15) is 28.8 Å². The van der Waals surface area contributed by atoms with Crippen molar-refractivity contribution in [1.29, 1.82) is 0 Å². The molecule has 1 aromatic carbocycles. The number of benzene rings is 1. The predicted octanol–water partition coefficient (Wildman–Crippen LogP) is 3.59. The van der Waals surface area contributed by atoms with E-state index in [2.05, 4.69) is 9.88 Å². The van der Waals surface area contributed by atoms with Gasteiger partial charge in [0.05, 0.1) is 18.9 Å². The van der Waals surface area contributed by atoms with Gasteiger partial charge in [-0.3, -0.25) is 0 Å². The lowest BCUT2D eigenvalue weighted by molar-refractivity contribution is 0.0698. The van der Waals surface area contributed by atoms with E-state index in [9.17, 15) is 9.90 Å². The van der Waals surface area contributed by atoms with Crippen LogP contribution in [0.5, 0.6) is 5.75 Å². The first-order valence-electron chi connectivity index (χ1n) is 7.78.